The van der Waals surface area contributed by atoms with Crippen LogP contribution in [0.4, 0.5) is 10.1 Å². The van der Waals surface area contributed by atoms with Crippen molar-refractivity contribution in [1.29, 1.82) is 0 Å². The molecule has 2 rings (SSSR count). The van der Waals surface area contributed by atoms with Crippen LogP contribution in [-0.2, 0) is 0 Å². The van der Waals surface area contributed by atoms with Crippen LogP contribution in [0, 0.1) is 16.1 Å². The maximum atomic E-state index is 13.1. The molecule has 7 heteroatoms. The topological polar surface area (TPSA) is 56.0 Å². The van der Waals surface area contributed by atoms with Gasteiger partial charge >= 0.3 is 5.69 Å². The molecule has 1 aromatic heterocycles. The first-order valence-electron chi connectivity index (χ1n) is 4.74. The third kappa shape index (κ3) is 2.57. The second-order valence-electron chi connectivity index (χ2n) is 3.45. The summed E-state index contributed by atoms with van der Waals surface area (Å²) in [5, 5.41) is 11.4. The number of nitro groups is 1. The van der Waals surface area contributed by atoms with Gasteiger partial charge in [-0.1, -0.05) is 23.2 Å². The fourth-order valence-electron chi connectivity index (χ4n) is 1.44. The minimum atomic E-state index is -1.13. The molecule has 0 radical (unpaired) electrons. The van der Waals surface area contributed by atoms with Gasteiger partial charge in [0.25, 0.3) is 5.95 Å². The maximum absolute atomic E-state index is 13.1. The monoisotopic (exact) mass is 286 g/mol. The standard InChI is InChI=1S/C11H5Cl2FN2O2/c12-8-1-6(2-9(13)4-8)7-3-10(16(17)18)11(14)15-5-7/h1-5H. The lowest BCUT2D eigenvalue weighted by Gasteiger charge is -2.03. The summed E-state index contributed by atoms with van der Waals surface area (Å²) in [5.41, 5.74) is 0.208. The second-order valence-corrected chi connectivity index (χ2v) is 4.32. The largest absolute Gasteiger partial charge is 0.324 e. The molecule has 0 bridgehead atoms. The third-order valence-electron chi connectivity index (χ3n) is 2.21. The summed E-state index contributed by atoms with van der Waals surface area (Å²) in [5.74, 6) is -1.13. The molecule has 0 saturated heterocycles. The van der Waals surface area contributed by atoms with Crippen molar-refractivity contribution < 1.29 is 9.31 Å². The molecule has 92 valence electrons. The van der Waals surface area contributed by atoms with Gasteiger partial charge in [-0.2, -0.15) is 4.39 Å². The smallest absolute Gasteiger partial charge is 0.258 e. The summed E-state index contributed by atoms with van der Waals surface area (Å²) in [4.78, 5) is 13.1. The zero-order valence-electron chi connectivity index (χ0n) is 8.73. The Balaban J connectivity index is 2.57. The van der Waals surface area contributed by atoms with Crippen LogP contribution in [0.15, 0.2) is 30.5 Å². The van der Waals surface area contributed by atoms with E-state index >= 15 is 0 Å². The van der Waals surface area contributed by atoms with Gasteiger partial charge in [0.15, 0.2) is 0 Å². The molecule has 0 atom stereocenters. The molecule has 0 aliphatic rings. The number of benzene rings is 1. The highest BCUT2D eigenvalue weighted by Gasteiger charge is 2.16. The molecule has 2 aromatic rings. The number of rotatable bonds is 2. The fourth-order valence-corrected chi connectivity index (χ4v) is 1.97. The highest BCUT2D eigenvalue weighted by Crippen LogP contribution is 2.29. The summed E-state index contributed by atoms with van der Waals surface area (Å²) in [6.45, 7) is 0. The molecule has 0 N–H and O–H groups in total. The number of pyridine rings is 1. The van der Waals surface area contributed by atoms with Crippen molar-refractivity contribution in [2.75, 3.05) is 0 Å². The van der Waals surface area contributed by atoms with Crippen LogP contribution in [0.25, 0.3) is 11.1 Å². The minimum Gasteiger partial charge on any atom is -0.258 e. The van der Waals surface area contributed by atoms with E-state index in [2.05, 4.69) is 4.98 Å². The first-order valence-corrected chi connectivity index (χ1v) is 5.49. The molecular formula is C11H5Cl2FN2O2. The van der Waals surface area contributed by atoms with E-state index in [1.165, 1.54) is 12.3 Å². The SMILES string of the molecule is O=[N+]([O-])c1cc(-c2cc(Cl)cc(Cl)c2)cnc1F. The summed E-state index contributed by atoms with van der Waals surface area (Å²) in [7, 11) is 0. The number of aromatic nitrogens is 1. The Hall–Kier alpha value is -1.72. The van der Waals surface area contributed by atoms with E-state index in [4.69, 9.17) is 23.2 Å². The zero-order valence-corrected chi connectivity index (χ0v) is 10.2. The van der Waals surface area contributed by atoms with Gasteiger partial charge in [-0.15, -0.1) is 0 Å². The van der Waals surface area contributed by atoms with Gasteiger partial charge in [0.1, 0.15) is 0 Å². The first-order chi connectivity index (χ1) is 8.47. The van der Waals surface area contributed by atoms with Gasteiger partial charge in [-0.3, -0.25) is 10.1 Å². The molecule has 1 aromatic carbocycles. The number of hydrogen-bond acceptors (Lipinski definition) is 3. The Kier molecular flexibility index (Phi) is 3.45. The van der Waals surface area contributed by atoms with Crippen molar-refractivity contribution in [2.24, 2.45) is 0 Å². The van der Waals surface area contributed by atoms with Gasteiger partial charge in [-0.25, -0.2) is 4.98 Å². The predicted molar refractivity (Wildman–Crippen MR) is 66.3 cm³/mol. The normalized spacial score (nSPS) is 10.4. The Morgan fingerprint density at radius 1 is 1.11 bits per heavy atom. The van der Waals surface area contributed by atoms with Crippen molar-refractivity contribution in [2.45, 2.75) is 0 Å². The van der Waals surface area contributed by atoms with Crippen molar-refractivity contribution in [3.8, 4) is 11.1 Å². The van der Waals surface area contributed by atoms with Crippen LogP contribution in [0.3, 0.4) is 0 Å². The van der Waals surface area contributed by atoms with E-state index in [0.29, 0.717) is 21.2 Å². The Morgan fingerprint density at radius 2 is 1.72 bits per heavy atom. The molecule has 0 fully saturated rings. The minimum absolute atomic E-state index is 0.368. The molecule has 18 heavy (non-hydrogen) atoms. The summed E-state index contributed by atoms with van der Waals surface area (Å²) < 4.78 is 13.1. The van der Waals surface area contributed by atoms with Crippen LogP contribution in [0.2, 0.25) is 10.0 Å². The lowest BCUT2D eigenvalue weighted by atomic mass is 10.1. The van der Waals surface area contributed by atoms with Crippen LogP contribution >= 0.6 is 23.2 Å². The first kappa shape index (κ1) is 12.7. The van der Waals surface area contributed by atoms with E-state index in [-0.39, 0.29) is 0 Å². The molecule has 1 heterocycles. The molecule has 0 saturated carbocycles. The average molecular weight is 287 g/mol. The van der Waals surface area contributed by atoms with Crippen LogP contribution in [0.5, 0.6) is 0 Å². The van der Waals surface area contributed by atoms with Crippen molar-refractivity contribution >= 4 is 28.9 Å². The van der Waals surface area contributed by atoms with E-state index < -0.39 is 16.6 Å². The fraction of sp³-hybridized carbons (Fsp3) is 0. The highest BCUT2D eigenvalue weighted by molar-refractivity contribution is 6.35. The molecule has 0 amide bonds. The summed E-state index contributed by atoms with van der Waals surface area (Å²) >= 11 is 11.6. The van der Waals surface area contributed by atoms with E-state index in [1.54, 1.807) is 12.1 Å². The molecule has 0 unspecified atom stereocenters. The molecule has 0 spiro atoms. The highest BCUT2D eigenvalue weighted by atomic mass is 35.5. The zero-order chi connectivity index (χ0) is 13.3. The van der Waals surface area contributed by atoms with E-state index in [1.807, 2.05) is 0 Å². The van der Waals surface area contributed by atoms with Crippen molar-refractivity contribution in [3.05, 3.63) is 56.6 Å². The average Bonchev–Trinajstić information content (AvgIpc) is 2.27. The Labute approximate surface area is 111 Å². The second kappa shape index (κ2) is 4.88. The Bertz CT molecular complexity index is 614. The molecular weight excluding hydrogens is 282 g/mol. The van der Waals surface area contributed by atoms with Gasteiger partial charge in [-0.05, 0) is 23.8 Å². The Morgan fingerprint density at radius 3 is 2.28 bits per heavy atom. The van der Waals surface area contributed by atoms with Crippen LogP contribution < -0.4 is 0 Å². The quantitative estimate of drug-likeness (QED) is 0.474. The third-order valence-corrected chi connectivity index (χ3v) is 2.65. The molecule has 0 aliphatic heterocycles. The molecule has 0 aliphatic carbocycles. The van der Waals surface area contributed by atoms with Crippen molar-refractivity contribution in [3.63, 3.8) is 0 Å². The lowest BCUT2D eigenvalue weighted by molar-refractivity contribution is -0.388. The van der Waals surface area contributed by atoms with Gasteiger partial charge in [0.05, 0.1) is 4.92 Å². The number of nitrogens with zero attached hydrogens (tertiary/aromatic N) is 2. The van der Waals surface area contributed by atoms with E-state index in [9.17, 15) is 14.5 Å². The van der Waals surface area contributed by atoms with Gasteiger partial charge in [0.2, 0.25) is 0 Å². The maximum Gasteiger partial charge on any atom is 0.324 e. The van der Waals surface area contributed by atoms with Crippen LogP contribution in [-0.4, -0.2) is 9.91 Å². The van der Waals surface area contributed by atoms with Crippen LogP contribution in [0.1, 0.15) is 0 Å². The van der Waals surface area contributed by atoms with Gasteiger partial charge < -0.3 is 0 Å². The van der Waals surface area contributed by atoms with E-state index in [0.717, 1.165) is 6.07 Å². The van der Waals surface area contributed by atoms with Crippen molar-refractivity contribution in [1.82, 2.24) is 4.98 Å². The van der Waals surface area contributed by atoms with Gasteiger partial charge in [0, 0.05) is 27.9 Å². The summed E-state index contributed by atoms with van der Waals surface area (Å²) in [6.07, 6.45) is 1.18. The number of hydrogen-bond donors (Lipinski definition) is 0. The predicted octanol–water partition coefficient (Wildman–Crippen LogP) is 4.10. The summed E-state index contributed by atoms with van der Waals surface area (Å²) in [6, 6.07) is 5.74. The lowest BCUT2D eigenvalue weighted by Crippen LogP contribution is -1.95. The number of halogens is 3. The molecule has 4 nitrogen and oxygen atoms in total.